The van der Waals surface area contributed by atoms with Crippen LogP contribution in [0.5, 0.6) is 0 Å². The fraction of sp³-hybridized carbons (Fsp3) is 0.0851. The fourth-order valence-corrected chi connectivity index (χ4v) is 7.21. The van der Waals surface area contributed by atoms with Crippen molar-refractivity contribution in [3.63, 3.8) is 0 Å². The van der Waals surface area contributed by atoms with E-state index in [1.54, 1.807) is 12.2 Å². The van der Waals surface area contributed by atoms with Gasteiger partial charge in [0.25, 0.3) is 0 Å². The average molecular weight is 663 g/mol. The first-order valence-electron chi connectivity index (χ1n) is 17.4. The molecule has 3 aliphatic rings. The van der Waals surface area contributed by atoms with E-state index in [0.717, 1.165) is 33.6 Å². The summed E-state index contributed by atoms with van der Waals surface area (Å²) in [5, 5.41) is 13.0. The largest absolute Gasteiger partial charge is 0.360 e. The van der Waals surface area contributed by atoms with E-state index in [4.69, 9.17) is 0 Å². The highest BCUT2D eigenvalue weighted by molar-refractivity contribution is 6.30. The molecular formula is C47H42N4. The Morgan fingerprint density at radius 1 is 0.686 bits per heavy atom. The minimum absolute atomic E-state index is 0.0386. The van der Waals surface area contributed by atoms with Crippen molar-refractivity contribution in [1.29, 1.82) is 5.41 Å². The highest BCUT2D eigenvalue weighted by atomic mass is 15.3. The van der Waals surface area contributed by atoms with Crippen LogP contribution in [0.2, 0.25) is 0 Å². The summed E-state index contributed by atoms with van der Waals surface area (Å²) in [7, 11) is 2.13. The average Bonchev–Trinajstić information content (AvgIpc) is 3.71. The summed E-state index contributed by atoms with van der Waals surface area (Å²) in [5.74, 6) is 0.346. The molecule has 3 unspecified atom stereocenters. The minimum Gasteiger partial charge on any atom is -0.360 e. The summed E-state index contributed by atoms with van der Waals surface area (Å²) in [6.45, 7) is 6.72. The van der Waals surface area contributed by atoms with E-state index in [0.29, 0.717) is 11.6 Å². The molecule has 1 aliphatic carbocycles. The summed E-state index contributed by atoms with van der Waals surface area (Å²) in [6.07, 6.45) is 18.6. The first-order chi connectivity index (χ1) is 25.1. The van der Waals surface area contributed by atoms with Gasteiger partial charge in [-0.1, -0.05) is 165 Å². The summed E-state index contributed by atoms with van der Waals surface area (Å²) in [6, 6.07) is 44.6. The first kappa shape index (κ1) is 33.1. The predicted octanol–water partition coefficient (Wildman–Crippen LogP) is 11.5. The monoisotopic (exact) mass is 662 g/mol. The second kappa shape index (κ2) is 15.0. The SMILES string of the molecule is C=CC=C.CN1c2ccccc2NC1c1ccccc1/C=C/C=C(\C(=N)c1ccccc1)c1ccc(N2c3ccccc3C3C=CC=CC32)cc1. The zero-order valence-electron chi connectivity index (χ0n) is 28.9. The molecule has 2 aliphatic heterocycles. The molecule has 3 atom stereocenters. The smallest absolute Gasteiger partial charge is 0.126 e. The molecule has 0 saturated carbocycles. The van der Waals surface area contributed by atoms with Crippen molar-refractivity contribution >= 4 is 40.1 Å². The van der Waals surface area contributed by atoms with E-state index >= 15 is 0 Å². The maximum absolute atomic E-state index is 9.28. The summed E-state index contributed by atoms with van der Waals surface area (Å²) in [5.41, 5.74) is 11.7. The molecule has 5 aromatic carbocycles. The van der Waals surface area contributed by atoms with Gasteiger partial charge in [0.1, 0.15) is 6.17 Å². The molecule has 0 amide bonds. The highest BCUT2D eigenvalue weighted by Crippen LogP contribution is 2.47. The Morgan fingerprint density at radius 3 is 2.08 bits per heavy atom. The molecular weight excluding hydrogens is 621 g/mol. The Kier molecular flexibility index (Phi) is 9.75. The maximum Gasteiger partial charge on any atom is 0.126 e. The van der Waals surface area contributed by atoms with Crippen molar-refractivity contribution in [2.75, 3.05) is 22.2 Å². The van der Waals surface area contributed by atoms with Gasteiger partial charge >= 0.3 is 0 Å². The van der Waals surface area contributed by atoms with Crippen LogP contribution in [-0.4, -0.2) is 18.8 Å². The second-order valence-electron chi connectivity index (χ2n) is 12.7. The van der Waals surface area contributed by atoms with Crippen molar-refractivity contribution in [3.8, 4) is 0 Å². The number of nitrogens with one attached hydrogen (secondary N) is 2. The number of hydrogen-bond donors (Lipinski definition) is 2. The normalized spacial score (nSPS) is 18.3. The lowest BCUT2D eigenvalue weighted by molar-refractivity contribution is 0.745. The van der Waals surface area contributed by atoms with Crippen molar-refractivity contribution in [1.82, 2.24) is 0 Å². The van der Waals surface area contributed by atoms with Crippen LogP contribution < -0.4 is 15.1 Å². The van der Waals surface area contributed by atoms with Gasteiger partial charge < -0.3 is 15.1 Å². The standard InChI is InChI=1S/C43H36N4.C4H6/c1-46-41-25-12-9-22-38(41)45-43(46)35-18-6-5-14-30(35)17-13-21-34(42(44)32-15-3-2-4-16-32)31-26-28-33(29-27-31)47-39-23-10-7-19-36(39)37-20-8-11-24-40(37)47;1-3-4-2/h2-29,36,39,43-45H,1H3;3-4H,1-2H2/b17-13+,34-21-,44-42?;. The Bertz CT molecular complexity index is 2160. The molecule has 0 radical (unpaired) electrons. The van der Waals surface area contributed by atoms with Crippen LogP contribution in [0.1, 0.15) is 39.9 Å². The number of rotatable bonds is 8. The molecule has 0 aromatic heterocycles. The lowest BCUT2D eigenvalue weighted by Gasteiger charge is -2.29. The number of hydrogen-bond acceptors (Lipinski definition) is 4. The van der Waals surface area contributed by atoms with Crippen molar-refractivity contribution in [2.24, 2.45) is 0 Å². The van der Waals surface area contributed by atoms with Crippen LogP contribution in [0.25, 0.3) is 11.6 Å². The Morgan fingerprint density at radius 2 is 1.33 bits per heavy atom. The molecule has 5 aromatic rings. The topological polar surface area (TPSA) is 42.4 Å². The molecule has 2 N–H and O–H groups in total. The van der Waals surface area contributed by atoms with Crippen LogP contribution in [0.3, 0.4) is 0 Å². The Hall–Kier alpha value is -6.39. The van der Waals surface area contributed by atoms with Crippen molar-refractivity contribution in [2.45, 2.75) is 18.1 Å². The first-order valence-corrected chi connectivity index (χ1v) is 17.4. The molecule has 2 heterocycles. The van der Waals surface area contributed by atoms with Gasteiger partial charge in [0.15, 0.2) is 0 Å². The number of nitrogens with zero attached hydrogens (tertiary/aromatic N) is 2. The molecule has 250 valence electrons. The van der Waals surface area contributed by atoms with Gasteiger partial charge in [-0.05, 0) is 47.0 Å². The Labute approximate surface area is 301 Å². The molecule has 8 rings (SSSR count). The maximum atomic E-state index is 9.28. The lowest BCUT2D eigenvalue weighted by Crippen LogP contribution is -2.28. The number of anilines is 4. The minimum atomic E-state index is 0.0386. The van der Waals surface area contributed by atoms with Gasteiger partial charge in [-0.2, -0.15) is 0 Å². The fourth-order valence-electron chi connectivity index (χ4n) is 7.21. The van der Waals surface area contributed by atoms with Crippen LogP contribution in [-0.2, 0) is 0 Å². The van der Waals surface area contributed by atoms with E-state index < -0.39 is 0 Å². The van der Waals surface area contributed by atoms with E-state index in [2.05, 4.69) is 175 Å². The third-order valence-electron chi connectivity index (χ3n) is 9.71. The van der Waals surface area contributed by atoms with Gasteiger partial charge in [0, 0.05) is 41.0 Å². The van der Waals surface area contributed by atoms with Crippen LogP contribution in [0.4, 0.5) is 22.7 Å². The quantitative estimate of drug-likeness (QED) is 0.128. The van der Waals surface area contributed by atoms with Crippen LogP contribution in [0.15, 0.2) is 189 Å². The summed E-state index contributed by atoms with van der Waals surface area (Å²) in [4.78, 5) is 4.73. The van der Waals surface area contributed by atoms with Gasteiger partial charge in [0.05, 0.1) is 23.1 Å². The van der Waals surface area contributed by atoms with Crippen molar-refractivity contribution < 1.29 is 0 Å². The molecule has 0 fully saturated rings. The van der Waals surface area contributed by atoms with Gasteiger partial charge in [-0.25, -0.2) is 0 Å². The summed E-state index contributed by atoms with van der Waals surface area (Å²) >= 11 is 0. The van der Waals surface area contributed by atoms with E-state index in [9.17, 15) is 5.41 Å². The molecule has 0 saturated heterocycles. The number of allylic oxidation sites excluding steroid dienone is 7. The van der Waals surface area contributed by atoms with E-state index in [-0.39, 0.29) is 12.2 Å². The number of benzene rings is 5. The predicted molar refractivity (Wildman–Crippen MR) is 218 cm³/mol. The van der Waals surface area contributed by atoms with E-state index in [1.165, 1.54) is 22.5 Å². The van der Waals surface area contributed by atoms with Crippen LogP contribution in [0, 0.1) is 5.41 Å². The number of fused-ring (bicyclic) bond motifs is 4. The number of para-hydroxylation sites is 3. The summed E-state index contributed by atoms with van der Waals surface area (Å²) < 4.78 is 0. The second-order valence-corrected chi connectivity index (χ2v) is 12.7. The third kappa shape index (κ3) is 6.64. The molecule has 51 heavy (non-hydrogen) atoms. The Balaban J connectivity index is 0.000000966. The third-order valence-corrected chi connectivity index (χ3v) is 9.71. The zero-order chi connectivity index (χ0) is 35.2. The van der Waals surface area contributed by atoms with Gasteiger partial charge in [-0.15, -0.1) is 0 Å². The molecule has 0 bridgehead atoms. The molecule has 4 nitrogen and oxygen atoms in total. The van der Waals surface area contributed by atoms with Crippen molar-refractivity contribution in [3.05, 3.63) is 217 Å². The highest BCUT2D eigenvalue weighted by Gasteiger charge is 2.37. The lowest BCUT2D eigenvalue weighted by atomic mass is 9.91. The molecule has 4 heteroatoms. The van der Waals surface area contributed by atoms with Crippen LogP contribution >= 0.6 is 0 Å². The van der Waals surface area contributed by atoms with Gasteiger partial charge in [-0.3, -0.25) is 5.41 Å². The zero-order valence-corrected chi connectivity index (χ0v) is 28.9. The molecule has 0 spiro atoms. The van der Waals surface area contributed by atoms with Gasteiger partial charge in [0.2, 0.25) is 0 Å². The van der Waals surface area contributed by atoms with E-state index in [1.807, 2.05) is 30.3 Å².